The maximum Gasteiger partial charge on any atom is 0.330 e. The Morgan fingerprint density at radius 1 is 1.08 bits per heavy atom. The van der Waals surface area contributed by atoms with Gasteiger partial charge in [-0.1, -0.05) is 54.9 Å². The number of aliphatic hydroxyl groups excluding tert-OH is 1. The maximum atomic E-state index is 13.5. The van der Waals surface area contributed by atoms with Gasteiger partial charge >= 0.3 is 5.97 Å². The number of likely N-dealkylation sites (tertiary alicyclic amines) is 1. The van der Waals surface area contributed by atoms with Crippen LogP contribution >= 0.6 is 0 Å². The molecule has 1 unspecified atom stereocenters. The quantitative estimate of drug-likeness (QED) is 0.732. The Kier molecular flexibility index (Phi) is 6.19. The van der Waals surface area contributed by atoms with Gasteiger partial charge in [0.05, 0.1) is 6.61 Å². The van der Waals surface area contributed by atoms with Gasteiger partial charge in [-0.2, -0.15) is 0 Å². The number of hydrogen-bond acceptors (Lipinski definition) is 4. The highest BCUT2D eigenvalue weighted by Crippen LogP contribution is 2.46. The van der Waals surface area contributed by atoms with E-state index in [9.17, 15) is 9.90 Å². The summed E-state index contributed by atoms with van der Waals surface area (Å²) in [5, 5.41) is 10.5. The predicted octanol–water partition coefficient (Wildman–Crippen LogP) is 4.40. The first kappa shape index (κ1) is 21.7. The van der Waals surface area contributed by atoms with Crippen molar-refractivity contribution in [3.8, 4) is 0 Å². The fourth-order valence-electron chi connectivity index (χ4n) is 4.65. The molecule has 0 aromatic rings. The molecule has 152 valence electrons. The standard InChI is InChI=1S/C22H41NO3/c1-8-21(12-10-9-11-13-21)26-18(25)22(16-24,20(5,6)7)23-14-17(15-23)19(2,3)4/h17,24H,8-16H2,1-7H3. The highest BCUT2D eigenvalue weighted by molar-refractivity contribution is 5.83. The molecule has 4 heteroatoms. The van der Waals surface area contributed by atoms with Crippen molar-refractivity contribution >= 4 is 5.97 Å². The lowest BCUT2D eigenvalue weighted by atomic mass is 9.67. The first-order valence-corrected chi connectivity index (χ1v) is 10.5. The van der Waals surface area contributed by atoms with Gasteiger partial charge in [-0.15, -0.1) is 0 Å². The molecule has 1 atom stereocenters. The number of aliphatic hydroxyl groups is 1. The molecule has 4 nitrogen and oxygen atoms in total. The first-order valence-electron chi connectivity index (χ1n) is 10.5. The fourth-order valence-corrected chi connectivity index (χ4v) is 4.65. The van der Waals surface area contributed by atoms with Gasteiger partial charge in [0.15, 0.2) is 0 Å². The average Bonchev–Trinajstić information content (AvgIpc) is 2.48. The number of carbonyl (C=O) groups is 1. The SMILES string of the molecule is CCC1(OC(=O)C(CO)(N2CC(C(C)(C)C)C2)C(C)(C)C)CCCCC1. The number of ether oxygens (including phenoxy) is 1. The van der Waals surface area contributed by atoms with Crippen LogP contribution in [0.25, 0.3) is 0 Å². The summed E-state index contributed by atoms with van der Waals surface area (Å²) in [6.45, 7) is 16.5. The molecule has 0 spiro atoms. The van der Waals surface area contributed by atoms with Crippen molar-refractivity contribution in [2.45, 2.75) is 98.1 Å². The molecule has 2 aliphatic rings. The molecule has 1 aliphatic carbocycles. The summed E-state index contributed by atoms with van der Waals surface area (Å²) in [6, 6.07) is 0. The number of esters is 1. The van der Waals surface area contributed by atoms with Gasteiger partial charge in [-0.3, -0.25) is 4.90 Å². The molecule has 2 fully saturated rings. The summed E-state index contributed by atoms with van der Waals surface area (Å²) in [4.78, 5) is 15.7. The molecule has 0 aromatic heterocycles. The zero-order valence-corrected chi connectivity index (χ0v) is 18.2. The Labute approximate surface area is 160 Å². The van der Waals surface area contributed by atoms with Crippen molar-refractivity contribution in [2.24, 2.45) is 16.7 Å². The smallest absolute Gasteiger partial charge is 0.330 e. The molecule has 2 rings (SSSR count). The van der Waals surface area contributed by atoms with Gasteiger partial charge in [0.2, 0.25) is 0 Å². The lowest BCUT2D eigenvalue weighted by Crippen LogP contribution is -2.72. The molecule has 1 aliphatic heterocycles. The van der Waals surface area contributed by atoms with Crippen LogP contribution < -0.4 is 0 Å². The zero-order chi connectivity index (χ0) is 19.8. The van der Waals surface area contributed by atoms with Crippen LogP contribution in [0.2, 0.25) is 0 Å². The second-order valence-corrected chi connectivity index (χ2v) is 10.7. The lowest BCUT2D eigenvalue weighted by Gasteiger charge is -2.58. The minimum Gasteiger partial charge on any atom is -0.458 e. The average molecular weight is 368 g/mol. The van der Waals surface area contributed by atoms with Gasteiger partial charge < -0.3 is 9.84 Å². The Morgan fingerprint density at radius 3 is 2.00 bits per heavy atom. The van der Waals surface area contributed by atoms with E-state index in [1.807, 2.05) is 20.8 Å². The highest BCUT2D eigenvalue weighted by Gasteiger charge is 2.59. The van der Waals surface area contributed by atoms with E-state index in [4.69, 9.17) is 4.74 Å². The number of hydrogen-bond donors (Lipinski definition) is 1. The Morgan fingerprint density at radius 2 is 1.62 bits per heavy atom. The Balaban J connectivity index is 2.26. The van der Waals surface area contributed by atoms with Gasteiger partial charge in [0.1, 0.15) is 11.1 Å². The van der Waals surface area contributed by atoms with Crippen LogP contribution in [0.4, 0.5) is 0 Å². The van der Waals surface area contributed by atoms with Crippen molar-refractivity contribution in [1.82, 2.24) is 4.90 Å². The summed E-state index contributed by atoms with van der Waals surface area (Å²) in [6.07, 6.45) is 6.23. The molecule has 0 bridgehead atoms. The van der Waals surface area contributed by atoms with E-state index in [1.165, 1.54) is 6.42 Å². The summed E-state index contributed by atoms with van der Waals surface area (Å²) < 4.78 is 6.25. The molecule has 1 saturated heterocycles. The van der Waals surface area contributed by atoms with Gasteiger partial charge in [-0.05, 0) is 48.9 Å². The third kappa shape index (κ3) is 3.82. The molecule has 0 radical (unpaired) electrons. The molecular formula is C22H41NO3. The van der Waals surface area contributed by atoms with Crippen LogP contribution in [-0.2, 0) is 9.53 Å². The third-order valence-corrected chi connectivity index (χ3v) is 7.17. The van der Waals surface area contributed by atoms with Crippen LogP contribution in [-0.4, -0.2) is 46.8 Å². The van der Waals surface area contributed by atoms with Crippen LogP contribution in [0.15, 0.2) is 0 Å². The lowest BCUT2D eigenvalue weighted by molar-refractivity contribution is -0.203. The van der Waals surface area contributed by atoms with Crippen LogP contribution in [0, 0.1) is 16.7 Å². The second kappa shape index (κ2) is 7.43. The Bertz CT molecular complexity index is 490. The van der Waals surface area contributed by atoms with E-state index in [0.717, 1.165) is 45.2 Å². The van der Waals surface area contributed by atoms with E-state index >= 15 is 0 Å². The number of nitrogens with zero attached hydrogens (tertiary/aromatic N) is 1. The number of carbonyl (C=O) groups excluding carboxylic acids is 1. The largest absolute Gasteiger partial charge is 0.458 e. The minimum absolute atomic E-state index is 0.189. The monoisotopic (exact) mass is 367 g/mol. The van der Waals surface area contributed by atoms with E-state index < -0.39 is 11.0 Å². The second-order valence-electron chi connectivity index (χ2n) is 10.7. The van der Waals surface area contributed by atoms with Crippen molar-refractivity contribution in [3.63, 3.8) is 0 Å². The topological polar surface area (TPSA) is 49.8 Å². The normalized spacial score (nSPS) is 24.6. The Hall–Kier alpha value is -0.610. The summed E-state index contributed by atoms with van der Waals surface area (Å²) in [7, 11) is 0. The summed E-state index contributed by atoms with van der Waals surface area (Å²) in [5.41, 5.74) is -1.48. The highest BCUT2D eigenvalue weighted by atomic mass is 16.6. The molecule has 1 N–H and O–H groups in total. The molecular weight excluding hydrogens is 326 g/mol. The molecule has 0 aromatic carbocycles. The summed E-state index contributed by atoms with van der Waals surface area (Å²) >= 11 is 0. The molecule has 0 amide bonds. The fraction of sp³-hybridized carbons (Fsp3) is 0.955. The van der Waals surface area contributed by atoms with Gasteiger partial charge in [-0.25, -0.2) is 4.79 Å². The minimum atomic E-state index is -0.964. The van der Waals surface area contributed by atoms with E-state index in [0.29, 0.717) is 5.92 Å². The van der Waals surface area contributed by atoms with E-state index in [-0.39, 0.29) is 23.6 Å². The van der Waals surface area contributed by atoms with Crippen LogP contribution in [0.3, 0.4) is 0 Å². The number of rotatable bonds is 5. The predicted molar refractivity (Wildman–Crippen MR) is 106 cm³/mol. The van der Waals surface area contributed by atoms with Crippen molar-refractivity contribution in [3.05, 3.63) is 0 Å². The molecule has 1 heterocycles. The van der Waals surface area contributed by atoms with Crippen molar-refractivity contribution < 1.29 is 14.6 Å². The summed E-state index contributed by atoms with van der Waals surface area (Å²) in [5.74, 6) is 0.321. The van der Waals surface area contributed by atoms with Crippen LogP contribution in [0.5, 0.6) is 0 Å². The van der Waals surface area contributed by atoms with Gasteiger partial charge in [0, 0.05) is 13.1 Å². The first-order chi connectivity index (χ1) is 11.9. The van der Waals surface area contributed by atoms with Crippen molar-refractivity contribution in [1.29, 1.82) is 0 Å². The molecule has 26 heavy (non-hydrogen) atoms. The molecule has 1 saturated carbocycles. The van der Waals surface area contributed by atoms with E-state index in [1.54, 1.807) is 0 Å². The third-order valence-electron chi connectivity index (χ3n) is 7.17. The maximum absolute atomic E-state index is 13.5. The zero-order valence-electron chi connectivity index (χ0n) is 18.2. The van der Waals surface area contributed by atoms with E-state index in [2.05, 4.69) is 32.6 Å². The van der Waals surface area contributed by atoms with Crippen molar-refractivity contribution in [2.75, 3.05) is 19.7 Å². The van der Waals surface area contributed by atoms with Gasteiger partial charge in [0.25, 0.3) is 0 Å². The van der Waals surface area contributed by atoms with Crippen LogP contribution in [0.1, 0.15) is 87.0 Å².